The zero-order valence-corrected chi connectivity index (χ0v) is 13.8. The van der Waals surface area contributed by atoms with Crippen molar-refractivity contribution in [2.24, 2.45) is 0 Å². The fourth-order valence-electron chi connectivity index (χ4n) is 2.97. The second kappa shape index (κ2) is 7.62. The van der Waals surface area contributed by atoms with Gasteiger partial charge in [0.05, 0.1) is 17.7 Å². The number of carbonyl (C=O) groups excluding carboxylic acids is 1. The van der Waals surface area contributed by atoms with Gasteiger partial charge in [0.2, 0.25) is 5.91 Å². The van der Waals surface area contributed by atoms with E-state index in [1.807, 2.05) is 6.92 Å². The lowest BCUT2D eigenvalue weighted by Crippen LogP contribution is -2.40. The van der Waals surface area contributed by atoms with Crippen LogP contribution in [0.25, 0.3) is 11.3 Å². The van der Waals surface area contributed by atoms with Crippen LogP contribution < -0.4 is 5.32 Å². The van der Waals surface area contributed by atoms with Gasteiger partial charge >= 0.3 is 0 Å². The monoisotopic (exact) mass is 331 g/mol. The van der Waals surface area contributed by atoms with Crippen LogP contribution in [0.5, 0.6) is 0 Å². The number of rotatable bonds is 6. The van der Waals surface area contributed by atoms with Crippen LogP contribution in [0, 0.1) is 5.82 Å². The van der Waals surface area contributed by atoms with E-state index in [0.717, 1.165) is 19.4 Å². The first kappa shape index (κ1) is 16.7. The molecule has 0 bridgehead atoms. The smallest absolute Gasteiger partial charge is 0.220 e. The number of nitrogens with one attached hydrogen (secondary N) is 1. The van der Waals surface area contributed by atoms with E-state index in [1.165, 1.54) is 6.07 Å². The fraction of sp³-hybridized carbons (Fsp3) is 0.421. The highest BCUT2D eigenvalue weighted by Crippen LogP contribution is 2.25. The molecule has 1 aliphatic rings. The third kappa shape index (κ3) is 4.03. The molecule has 2 aromatic rings. The second-order valence-electron chi connectivity index (χ2n) is 6.15. The molecule has 0 radical (unpaired) electrons. The summed E-state index contributed by atoms with van der Waals surface area (Å²) < 4.78 is 25.0. The van der Waals surface area contributed by atoms with Crippen LogP contribution in [0.3, 0.4) is 0 Å². The quantitative estimate of drug-likeness (QED) is 0.878. The summed E-state index contributed by atoms with van der Waals surface area (Å²) in [5.41, 5.74) is 0.431. The van der Waals surface area contributed by atoms with Crippen molar-refractivity contribution in [2.45, 2.75) is 44.8 Å². The van der Waals surface area contributed by atoms with Crippen molar-refractivity contribution in [1.29, 1.82) is 0 Å². The Bertz CT molecular complexity index is 691. The fourth-order valence-corrected chi connectivity index (χ4v) is 2.97. The maximum Gasteiger partial charge on any atom is 0.220 e. The number of hydrogen-bond donors (Lipinski definition) is 1. The molecule has 0 aliphatic carbocycles. The standard InChI is InChI=1S/C19H22FNO3/c1-13(17-7-4-12-23-17)21-19(22)11-9-14-8-10-18(24-14)15-5-2-3-6-16(15)20/h2-3,5-6,8,10,13,17H,4,7,9,11-12H2,1H3,(H,21,22)/t13-,17-/m1/s1. The summed E-state index contributed by atoms with van der Waals surface area (Å²) in [7, 11) is 0. The number of halogens is 1. The summed E-state index contributed by atoms with van der Waals surface area (Å²) in [6, 6.07) is 10.0. The van der Waals surface area contributed by atoms with Gasteiger partial charge in [-0.1, -0.05) is 12.1 Å². The molecule has 3 rings (SSSR count). The molecule has 1 fully saturated rings. The minimum atomic E-state index is -0.318. The Labute approximate surface area is 141 Å². The van der Waals surface area contributed by atoms with E-state index in [-0.39, 0.29) is 23.9 Å². The molecule has 5 heteroatoms. The molecule has 2 heterocycles. The van der Waals surface area contributed by atoms with Crippen LogP contribution in [0.2, 0.25) is 0 Å². The molecule has 2 atom stereocenters. The molecule has 1 aromatic carbocycles. The summed E-state index contributed by atoms with van der Waals surface area (Å²) >= 11 is 0. The van der Waals surface area contributed by atoms with Crippen LogP contribution >= 0.6 is 0 Å². The molecule has 24 heavy (non-hydrogen) atoms. The zero-order chi connectivity index (χ0) is 16.9. The minimum absolute atomic E-state index is 0.0191. The van der Waals surface area contributed by atoms with Gasteiger partial charge < -0.3 is 14.5 Å². The Morgan fingerprint density at radius 1 is 1.33 bits per heavy atom. The van der Waals surface area contributed by atoms with Crippen molar-refractivity contribution < 1.29 is 18.3 Å². The van der Waals surface area contributed by atoms with Crippen LogP contribution in [0.1, 0.15) is 31.9 Å². The maximum absolute atomic E-state index is 13.8. The molecular formula is C19H22FNO3. The number of amides is 1. The Hall–Kier alpha value is -2.14. The van der Waals surface area contributed by atoms with Crippen LogP contribution in [-0.4, -0.2) is 24.7 Å². The first-order valence-electron chi connectivity index (χ1n) is 8.38. The molecule has 128 valence electrons. The lowest BCUT2D eigenvalue weighted by molar-refractivity contribution is -0.122. The summed E-state index contributed by atoms with van der Waals surface area (Å²) in [5, 5.41) is 2.97. The van der Waals surface area contributed by atoms with Gasteiger partial charge in [-0.25, -0.2) is 4.39 Å². The topological polar surface area (TPSA) is 51.5 Å². The highest BCUT2D eigenvalue weighted by molar-refractivity contribution is 5.76. The summed E-state index contributed by atoms with van der Waals surface area (Å²) in [6.45, 7) is 2.74. The molecule has 4 nitrogen and oxygen atoms in total. The van der Waals surface area contributed by atoms with Crippen LogP contribution in [0.4, 0.5) is 4.39 Å². The van der Waals surface area contributed by atoms with E-state index in [0.29, 0.717) is 29.9 Å². The predicted octanol–water partition coefficient (Wildman–Crippen LogP) is 3.70. The first-order valence-corrected chi connectivity index (χ1v) is 8.38. The van der Waals surface area contributed by atoms with Gasteiger partial charge in [0.25, 0.3) is 0 Å². The van der Waals surface area contributed by atoms with Gasteiger partial charge in [-0.2, -0.15) is 0 Å². The average molecular weight is 331 g/mol. The van der Waals surface area contributed by atoms with Crippen molar-refractivity contribution in [2.75, 3.05) is 6.61 Å². The van der Waals surface area contributed by atoms with Gasteiger partial charge in [0, 0.05) is 19.4 Å². The van der Waals surface area contributed by atoms with Crippen LogP contribution in [-0.2, 0) is 16.0 Å². The highest BCUT2D eigenvalue weighted by Gasteiger charge is 2.23. The second-order valence-corrected chi connectivity index (χ2v) is 6.15. The SMILES string of the molecule is C[C@@H](NC(=O)CCc1ccc(-c2ccccc2F)o1)[C@H]1CCCO1. The van der Waals surface area contributed by atoms with Gasteiger partial charge in [0.15, 0.2) is 0 Å². The van der Waals surface area contributed by atoms with Crippen molar-refractivity contribution in [3.8, 4) is 11.3 Å². The van der Waals surface area contributed by atoms with Crippen molar-refractivity contribution >= 4 is 5.91 Å². The molecule has 0 unspecified atom stereocenters. The molecule has 0 spiro atoms. The number of ether oxygens (including phenoxy) is 1. The Morgan fingerprint density at radius 2 is 2.17 bits per heavy atom. The molecule has 1 N–H and O–H groups in total. The molecule has 1 amide bonds. The first-order chi connectivity index (χ1) is 11.6. The average Bonchev–Trinajstić information content (AvgIpc) is 3.25. The van der Waals surface area contributed by atoms with E-state index in [9.17, 15) is 9.18 Å². The largest absolute Gasteiger partial charge is 0.461 e. The predicted molar refractivity (Wildman–Crippen MR) is 89.0 cm³/mol. The third-order valence-corrected chi connectivity index (χ3v) is 4.31. The Balaban J connectivity index is 1.52. The van der Waals surface area contributed by atoms with Gasteiger partial charge in [0.1, 0.15) is 17.3 Å². The van der Waals surface area contributed by atoms with Crippen LogP contribution in [0.15, 0.2) is 40.8 Å². The zero-order valence-electron chi connectivity index (χ0n) is 13.8. The minimum Gasteiger partial charge on any atom is -0.461 e. The Morgan fingerprint density at radius 3 is 2.92 bits per heavy atom. The number of hydrogen-bond acceptors (Lipinski definition) is 3. The third-order valence-electron chi connectivity index (χ3n) is 4.31. The van der Waals surface area contributed by atoms with E-state index >= 15 is 0 Å². The molecule has 0 saturated carbocycles. The number of aryl methyl sites for hydroxylation is 1. The summed E-state index contributed by atoms with van der Waals surface area (Å²) in [5.74, 6) is 0.813. The van der Waals surface area contributed by atoms with Gasteiger partial charge in [-0.05, 0) is 44.0 Å². The molecule has 1 saturated heterocycles. The lowest BCUT2D eigenvalue weighted by atomic mass is 10.1. The molecule has 1 aliphatic heterocycles. The molecular weight excluding hydrogens is 309 g/mol. The van der Waals surface area contributed by atoms with Gasteiger partial charge in [-0.3, -0.25) is 4.79 Å². The van der Waals surface area contributed by atoms with Crippen molar-refractivity contribution in [1.82, 2.24) is 5.32 Å². The number of benzene rings is 1. The van der Waals surface area contributed by atoms with E-state index in [2.05, 4.69) is 5.32 Å². The highest BCUT2D eigenvalue weighted by atomic mass is 19.1. The van der Waals surface area contributed by atoms with Crippen molar-refractivity contribution in [3.63, 3.8) is 0 Å². The number of carbonyl (C=O) groups is 1. The molecule has 1 aromatic heterocycles. The number of furan rings is 1. The lowest BCUT2D eigenvalue weighted by Gasteiger charge is -2.19. The normalized spacial score (nSPS) is 18.5. The van der Waals surface area contributed by atoms with E-state index < -0.39 is 0 Å². The van der Waals surface area contributed by atoms with E-state index in [1.54, 1.807) is 30.3 Å². The summed E-state index contributed by atoms with van der Waals surface area (Å²) in [6.07, 6.45) is 2.98. The van der Waals surface area contributed by atoms with Gasteiger partial charge in [-0.15, -0.1) is 0 Å². The Kier molecular flexibility index (Phi) is 5.30. The maximum atomic E-state index is 13.8. The van der Waals surface area contributed by atoms with E-state index in [4.69, 9.17) is 9.15 Å². The van der Waals surface area contributed by atoms with Crippen molar-refractivity contribution in [3.05, 3.63) is 48.0 Å². The summed E-state index contributed by atoms with van der Waals surface area (Å²) in [4.78, 5) is 12.0.